The minimum absolute atomic E-state index is 0.558. The molecule has 1 heterocycles. The highest BCUT2D eigenvalue weighted by molar-refractivity contribution is 5.45. The van der Waals surface area contributed by atoms with Crippen LogP contribution in [0.1, 0.15) is 43.4 Å². The van der Waals surface area contributed by atoms with Gasteiger partial charge in [0.15, 0.2) is 0 Å². The monoisotopic (exact) mass is 219 g/mol. The highest BCUT2D eigenvalue weighted by atomic mass is 15.0. The Morgan fingerprint density at radius 3 is 2.75 bits per heavy atom. The molecule has 1 aliphatic carbocycles. The summed E-state index contributed by atoms with van der Waals surface area (Å²) in [5.74, 6) is 0.995. The maximum Gasteiger partial charge on any atom is 0.130 e. The van der Waals surface area contributed by atoms with Crippen LogP contribution in [0.4, 0.5) is 5.82 Å². The van der Waals surface area contributed by atoms with Crippen LogP contribution in [-0.4, -0.2) is 11.0 Å². The van der Waals surface area contributed by atoms with Crippen molar-refractivity contribution < 1.29 is 0 Å². The molecule has 0 saturated heterocycles. The van der Waals surface area contributed by atoms with Crippen LogP contribution in [-0.2, 0) is 6.54 Å². The van der Waals surface area contributed by atoms with E-state index in [9.17, 15) is 0 Å². The molecule has 0 bridgehead atoms. The van der Waals surface area contributed by atoms with E-state index >= 15 is 0 Å². The summed E-state index contributed by atoms with van der Waals surface area (Å²) in [5, 5.41) is 3.55. The highest BCUT2D eigenvalue weighted by Crippen LogP contribution is 2.22. The molecule has 0 aromatic carbocycles. The summed E-state index contributed by atoms with van der Waals surface area (Å²) in [6, 6.07) is 4.69. The molecule has 3 heteroatoms. The lowest BCUT2D eigenvalue weighted by Gasteiger charge is -2.24. The molecule has 88 valence electrons. The van der Waals surface area contributed by atoms with E-state index in [0.717, 1.165) is 17.1 Å². The quantitative estimate of drug-likeness (QED) is 0.821. The van der Waals surface area contributed by atoms with Crippen molar-refractivity contribution in [2.24, 2.45) is 5.73 Å². The van der Waals surface area contributed by atoms with Gasteiger partial charge in [-0.05, 0) is 25.8 Å². The van der Waals surface area contributed by atoms with Gasteiger partial charge in [0.25, 0.3) is 0 Å². The number of pyridine rings is 1. The number of rotatable bonds is 3. The Kier molecular flexibility index (Phi) is 3.78. The number of nitrogens with two attached hydrogens (primary N) is 1. The molecule has 3 nitrogen and oxygen atoms in total. The first kappa shape index (κ1) is 11.4. The van der Waals surface area contributed by atoms with Crippen molar-refractivity contribution in [1.82, 2.24) is 4.98 Å². The second kappa shape index (κ2) is 5.30. The van der Waals surface area contributed by atoms with Crippen molar-refractivity contribution in [2.45, 2.75) is 51.6 Å². The number of aryl methyl sites for hydroxylation is 1. The van der Waals surface area contributed by atoms with Gasteiger partial charge in [0, 0.05) is 23.8 Å². The molecule has 0 radical (unpaired) electrons. The number of hydrogen-bond donors (Lipinski definition) is 2. The number of nitrogens with zero attached hydrogens (tertiary/aromatic N) is 1. The summed E-state index contributed by atoms with van der Waals surface area (Å²) >= 11 is 0. The van der Waals surface area contributed by atoms with Crippen LogP contribution in [0.25, 0.3) is 0 Å². The van der Waals surface area contributed by atoms with Gasteiger partial charge in [-0.15, -0.1) is 0 Å². The van der Waals surface area contributed by atoms with Crippen LogP contribution in [0.15, 0.2) is 12.1 Å². The maximum atomic E-state index is 5.73. The lowest BCUT2D eigenvalue weighted by atomic mass is 9.95. The third kappa shape index (κ3) is 2.73. The predicted molar refractivity (Wildman–Crippen MR) is 67.4 cm³/mol. The van der Waals surface area contributed by atoms with Gasteiger partial charge in [0.05, 0.1) is 0 Å². The molecule has 0 spiro atoms. The molecule has 1 fully saturated rings. The summed E-state index contributed by atoms with van der Waals surface area (Å²) in [6.45, 7) is 2.58. The molecule has 0 unspecified atom stereocenters. The van der Waals surface area contributed by atoms with Crippen molar-refractivity contribution in [2.75, 3.05) is 5.32 Å². The van der Waals surface area contributed by atoms with Gasteiger partial charge in [-0.3, -0.25) is 0 Å². The van der Waals surface area contributed by atoms with Crippen LogP contribution in [0, 0.1) is 6.92 Å². The SMILES string of the molecule is Cc1ccc(CN)c(NC2CCCCC2)n1. The van der Waals surface area contributed by atoms with Gasteiger partial charge in [0.2, 0.25) is 0 Å². The molecule has 1 aromatic heterocycles. The third-order valence-corrected chi connectivity index (χ3v) is 3.28. The average Bonchev–Trinajstić information content (AvgIpc) is 2.31. The first-order chi connectivity index (χ1) is 7.79. The number of hydrogen-bond acceptors (Lipinski definition) is 3. The fourth-order valence-corrected chi connectivity index (χ4v) is 2.32. The van der Waals surface area contributed by atoms with E-state index in [1.807, 2.05) is 13.0 Å². The topological polar surface area (TPSA) is 50.9 Å². The van der Waals surface area contributed by atoms with Crippen molar-refractivity contribution in [3.63, 3.8) is 0 Å². The second-order valence-corrected chi connectivity index (χ2v) is 4.64. The molecule has 1 aliphatic rings. The maximum absolute atomic E-state index is 5.73. The Morgan fingerprint density at radius 2 is 2.06 bits per heavy atom. The van der Waals surface area contributed by atoms with Gasteiger partial charge < -0.3 is 11.1 Å². The van der Waals surface area contributed by atoms with Gasteiger partial charge in [-0.1, -0.05) is 25.3 Å². The largest absolute Gasteiger partial charge is 0.367 e. The molecule has 0 amide bonds. The summed E-state index contributed by atoms with van der Waals surface area (Å²) in [5.41, 5.74) is 7.90. The second-order valence-electron chi connectivity index (χ2n) is 4.64. The van der Waals surface area contributed by atoms with Crippen LogP contribution in [0.3, 0.4) is 0 Å². The first-order valence-corrected chi connectivity index (χ1v) is 6.22. The smallest absolute Gasteiger partial charge is 0.130 e. The van der Waals surface area contributed by atoms with Gasteiger partial charge in [-0.25, -0.2) is 4.98 Å². The fourth-order valence-electron chi connectivity index (χ4n) is 2.32. The predicted octanol–water partition coefficient (Wildman–Crippen LogP) is 2.59. The van der Waals surface area contributed by atoms with E-state index in [4.69, 9.17) is 5.73 Å². The molecule has 2 rings (SSSR count). The molecule has 3 N–H and O–H groups in total. The van der Waals surface area contributed by atoms with Gasteiger partial charge >= 0.3 is 0 Å². The first-order valence-electron chi connectivity index (χ1n) is 6.22. The summed E-state index contributed by atoms with van der Waals surface area (Å²) in [7, 11) is 0. The van der Waals surface area contributed by atoms with Crippen LogP contribution < -0.4 is 11.1 Å². The minimum atomic E-state index is 0.558. The standard InChI is InChI=1S/C13H21N3/c1-10-7-8-11(9-14)13(15-10)16-12-5-3-2-4-6-12/h7-8,12H,2-6,9,14H2,1H3,(H,15,16). The van der Waals surface area contributed by atoms with E-state index in [1.165, 1.54) is 32.1 Å². The van der Waals surface area contributed by atoms with E-state index in [1.54, 1.807) is 0 Å². The summed E-state index contributed by atoms with van der Waals surface area (Å²) in [4.78, 5) is 4.55. The molecular formula is C13H21N3. The summed E-state index contributed by atoms with van der Waals surface area (Å²) in [6.07, 6.45) is 6.57. The van der Waals surface area contributed by atoms with Gasteiger partial charge in [-0.2, -0.15) is 0 Å². The normalized spacial score (nSPS) is 17.4. The van der Waals surface area contributed by atoms with E-state index in [-0.39, 0.29) is 0 Å². The van der Waals surface area contributed by atoms with E-state index < -0.39 is 0 Å². The van der Waals surface area contributed by atoms with Crippen LogP contribution >= 0.6 is 0 Å². The van der Waals surface area contributed by atoms with Crippen molar-refractivity contribution in [3.8, 4) is 0 Å². The number of aromatic nitrogens is 1. The Hall–Kier alpha value is -1.09. The Labute approximate surface area is 97.5 Å². The molecule has 16 heavy (non-hydrogen) atoms. The zero-order valence-electron chi connectivity index (χ0n) is 10.00. The Balaban J connectivity index is 2.09. The van der Waals surface area contributed by atoms with E-state index in [0.29, 0.717) is 12.6 Å². The van der Waals surface area contributed by atoms with Gasteiger partial charge in [0.1, 0.15) is 5.82 Å². The van der Waals surface area contributed by atoms with Crippen LogP contribution in [0.2, 0.25) is 0 Å². The van der Waals surface area contributed by atoms with Crippen LogP contribution in [0.5, 0.6) is 0 Å². The Morgan fingerprint density at radius 1 is 1.31 bits per heavy atom. The summed E-state index contributed by atoms with van der Waals surface area (Å²) < 4.78 is 0. The highest BCUT2D eigenvalue weighted by Gasteiger charge is 2.14. The molecule has 1 aromatic rings. The number of nitrogens with one attached hydrogen (secondary N) is 1. The zero-order valence-corrected chi connectivity index (χ0v) is 10.00. The van der Waals surface area contributed by atoms with Crippen molar-refractivity contribution >= 4 is 5.82 Å². The molecular weight excluding hydrogens is 198 g/mol. The molecule has 1 saturated carbocycles. The molecule has 0 aliphatic heterocycles. The van der Waals surface area contributed by atoms with E-state index in [2.05, 4.69) is 16.4 Å². The lowest BCUT2D eigenvalue weighted by molar-refractivity contribution is 0.461. The lowest BCUT2D eigenvalue weighted by Crippen LogP contribution is -2.24. The zero-order chi connectivity index (χ0) is 11.4. The Bertz CT molecular complexity index is 343. The fraction of sp³-hybridized carbons (Fsp3) is 0.615. The number of anilines is 1. The van der Waals surface area contributed by atoms with Crippen molar-refractivity contribution in [3.05, 3.63) is 23.4 Å². The third-order valence-electron chi connectivity index (χ3n) is 3.28. The average molecular weight is 219 g/mol. The minimum Gasteiger partial charge on any atom is -0.367 e. The molecule has 0 atom stereocenters. The van der Waals surface area contributed by atoms with Crippen molar-refractivity contribution in [1.29, 1.82) is 0 Å².